The van der Waals surface area contributed by atoms with Gasteiger partial charge in [-0.1, -0.05) is 54.6 Å². The number of piperidine rings is 1. The fraction of sp³-hybridized carbons (Fsp3) is 0.350. The van der Waals surface area contributed by atoms with Crippen LogP contribution in [-0.2, 0) is 16.4 Å². The minimum Gasteiger partial charge on any atom is -0.465 e. The van der Waals surface area contributed by atoms with Crippen LogP contribution in [0.25, 0.3) is 11.1 Å². The van der Waals surface area contributed by atoms with Crippen LogP contribution in [0.2, 0.25) is 0 Å². The van der Waals surface area contributed by atoms with Gasteiger partial charge in [-0.3, -0.25) is 0 Å². The number of sulfonamides is 1. The van der Waals surface area contributed by atoms with E-state index in [1.165, 1.54) is 4.90 Å². The van der Waals surface area contributed by atoms with Crippen molar-refractivity contribution in [2.24, 2.45) is 0 Å². The van der Waals surface area contributed by atoms with Gasteiger partial charge in [0.15, 0.2) is 0 Å². The van der Waals surface area contributed by atoms with E-state index >= 15 is 0 Å². The van der Waals surface area contributed by atoms with Crippen LogP contribution in [0.4, 0.5) is 4.79 Å². The standard InChI is InChI=1S/C20H24N2O4S/c1-27(25,26)21-18-11-6-12-22(20(23)24)19(18)14-15-7-5-10-17(13-15)16-8-3-2-4-9-16/h2-5,7-10,13,18-19,21H,6,11-12,14H2,1H3,(H,23,24)/t18-,19-/m0/s1. The Morgan fingerprint density at radius 2 is 1.85 bits per heavy atom. The van der Waals surface area contributed by atoms with Crippen LogP contribution < -0.4 is 4.72 Å². The molecule has 7 heteroatoms. The Hall–Kier alpha value is -2.38. The highest BCUT2D eigenvalue weighted by Crippen LogP contribution is 2.25. The lowest BCUT2D eigenvalue weighted by Crippen LogP contribution is -2.57. The van der Waals surface area contributed by atoms with Gasteiger partial charge in [0.05, 0.1) is 12.3 Å². The van der Waals surface area contributed by atoms with Crippen molar-refractivity contribution in [2.75, 3.05) is 12.8 Å². The molecule has 0 aromatic heterocycles. The van der Waals surface area contributed by atoms with E-state index in [-0.39, 0.29) is 0 Å². The molecule has 144 valence electrons. The summed E-state index contributed by atoms with van der Waals surface area (Å²) in [7, 11) is -3.42. The van der Waals surface area contributed by atoms with Gasteiger partial charge < -0.3 is 10.0 Å². The number of hydrogen-bond acceptors (Lipinski definition) is 3. The maximum atomic E-state index is 11.7. The summed E-state index contributed by atoms with van der Waals surface area (Å²) in [6.45, 7) is 0.417. The van der Waals surface area contributed by atoms with Crippen LogP contribution in [0.3, 0.4) is 0 Å². The molecule has 0 saturated carbocycles. The van der Waals surface area contributed by atoms with E-state index in [1.54, 1.807) is 0 Å². The largest absolute Gasteiger partial charge is 0.465 e. The number of hydrogen-bond donors (Lipinski definition) is 2. The number of nitrogens with one attached hydrogen (secondary N) is 1. The molecule has 0 bridgehead atoms. The molecule has 2 aromatic rings. The zero-order chi connectivity index (χ0) is 19.4. The Balaban J connectivity index is 1.88. The minimum absolute atomic E-state index is 0.417. The van der Waals surface area contributed by atoms with Crippen LogP contribution in [-0.4, -0.2) is 49.4 Å². The van der Waals surface area contributed by atoms with E-state index in [1.807, 2.05) is 54.6 Å². The topological polar surface area (TPSA) is 86.7 Å². The summed E-state index contributed by atoms with van der Waals surface area (Å²) in [6.07, 6.45) is 1.82. The molecule has 0 radical (unpaired) electrons. The smallest absolute Gasteiger partial charge is 0.407 e. The highest BCUT2D eigenvalue weighted by atomic mass is 32.2. The first kappa shape index (κ1) is 19.4. The molecule has 1 fully saturated rings. The number of carbonyl (C=O) groups is 1. The highest BCUT2D eigenvalue weighted by Gasteiger charge is 2.35. The third-order valence-electron chi connectivity index (χ3n) is 4.87. The fourth-order valence-electron chi connectivity index (χ4n) is 3.71. The molecule has 1 aliphatic rings. The number of rotatable bonds is 5. The van der Waals surface area contributed by atoms with Gasteiger partial charge in [-0.25, -0.2) is 17.9 Å². The summed E-state index contributed by atoms with van der Waals surface area (Å²) in [4.78, 5) is 13.1. The van der Waals surface area contributed by atoms with E-state index in [0.29, 0.717) is 25.8 Å². The van der Waals surface area contributed by atoms with Gasteiger partial charge in [-0.05, 0) is 36.0 Å². The van der Waals surface area contributed by atoms with Crippen molar-refractivity contribution in [3.63, 3.8) is 0 Å². The molecule has 1 heterocycles. The lowest BCUT2D eigenvalue weighted by molar-refractivity contribution is 0.0942. The first-order valence-electron chi connectivity index (χ1n) is 8.95. The first-order valence-corrected chi connectivity index (χ1v) is 10.8. The SMILES string of the molecule is CS(=O)(=O)N[C@H]1CCCN(C(=O)O)[C@H]1Cc1cccc(-c2ccccc2)c1. The summed E-state index contributed by atoms with van der Waals surface area (Å²) < 4.78 is 26.1. The summed E-state index contributed by atoms with van der Waals surface area (Å²) >= 11 is 0. The third-order valence-corrected chi connectivity index (χ3v) is 5.60. The zero-order valence-corrected chi connectivity index (χ0v) is 16.0. The maximum Gasteiger partial charge on any atom is 0.407 e. The molecule has 1 aliphatic heterocycles. The number of carboxylic acid groups (broad SMARTS) is 1. The van der Waals surface area contributed by atoms with Crippen LogP contribution in [0.5, 0.6) is 0 Å². The van der Waals surface area contributed by atoms with Gasteiger partial charge in [-0.15, -0.1) is 0 Å². The van der Waals surface area contributed by atoms with Gasteiger partial charge in [0, 0.05) is 12.6 Å². The monoisotopic (exact) mass is 388 g/mol. The van der Waals surface area contributed by atoms with Gasteiger partial charge in [-0.2, -0.15) is 0 Å². The molecule has 3 rings (SSSR count). The Morgan fingerprint density at radius 3 is 2.52 bits per heavy atom. The van der Waals surface area contributed by atoms with Crippen molar-refractivity contribution in [1.29, 1.82) is 0 Å². The molecule has 0 spiro atoms. The van der Waals surface area contributed by atoms with E-state index in [9.17, 15) is 18.3 Å². The first-order chi connectivity index (χ1) is 12.8. The minimum atomic E-state index is -3.42. The highest BCUT2D eigenvalue weighted by molar-refractivity contribution is 7.88. The molecule has 2 N–H and O–H groups in total. The quantitative estimate of drug-likeness (QED) is 0.824. The molecule has 1 amide bonds. The zero-order valence-electron chi connectivity index (χ0n) is 15.2. The van der Waals surface area contributed by atoms with Crippen molar-refractivity contribution >= 4 is 16.1 Å². The predicted octanol–water partition coefficient (Wildman–Crippen LogP) is 2.96. The predicted molar refractivity (Wildman–Crippen MR) is 105 cm³/mol. The molecular formula is C20H24N2O4S. The van der Waals surface area contributed by atoms with E-state index in [4.69, 9.17) is 0 Å². The Morgan fingerprint density at radius 1 is 1.15 bits per heavy atom. The van der Waals surface area contributed by atoms with Crippen molar-refractivity contribution in [2.45, 2.75) is 31.3 Å². The second kappa shape index (κ2) is 8.10. The lowest BCUT2D eigenvalue weighted by atomic mass is 9.91. The van der Waals surface area contributed by atoms with Crippen molar-refractivity contribution in [1.82, 2.24) is 9.62 Å². The molecule has 2 atom stereocenters. The maximum absolute atomic E-state index is 11.7. The second-order valence-corrected chi connectivity index (χ2v) is 8.73. The fourth-order valence-corrected chi connectivity index (χ4v) is 4.53. The summed E-state index contributed by atoms with van der Waals surface area (Å²) in [5.41, 5.74) is 3.12. The Labute approximate surface area is 159 Å². The Bertz CT molecular complexity index is 899. The summed E-state index contributed by atoms with van der Waals surface area (Å²) in [5, 5.41) is 9.58. The van der Waals surface area contributed by atoms with Crippen LogP contribution >= 0.6 is 0 Å². The van der Waals surface area contributed by atoms with E-state index in [0.717, 1.165) is 22.9 Å². The average Bonchev–Trinajstić information content (AvgIpc) is 2.63. The van der Waals surface area contributed by atoms with E-state index < -0.39 is 28.2 Å². The number of benzene rings is 2. The summed E-state index contributed by atoms with van der Waals surface area (Å²) in [5.74, 6) is 0. The molecular weight excluding hydrogens is 364 g/mol. The van der Waals surface area contributed by atoms with Gasteiger partial charge in [0.25, 0.3) is 0 Å². The number of amides is 1. The van der Waals surface area contributed by atoms with Crippen molar-refractivity contribution < 1.29 is 18.3 Å². The van der Waals surface area contributed by atoms with Gasteiger partial charge in [0.2, 0.25) is 10.0 Å². The molecule has 27 heavy (non-hydrogen) atoms. The van der Waals surface area contributed by atoms with Crippen molar-refractivity contribution in [3.8, 4) is 11.1 Å². The molecule has 0 aliphatic carbocycles. The lowest BCUT2D eigenvalue weighted by Gasteiger charge is -2.40. The van der Waals surface area contributed by atoms with Crippen LogP contribution in [0.1, 0.15) is 18.4 Å². The molecule has 1 saturated heterocycles. The Kier molecular flexibility index (Phi) is 5.82. The van der Waals surface area contributed by atoms with Crippen LogP contribution in [0.15, 0.2) is 54.6 Å². The van der Waals surface area contributed by atoms with Crippen LogP contribution in [0, 0.1) is 0 Å². The molecule has 6 nitrogen and oxygen atoms in total. The normalized spacial score (nSPS) is 20.4. The number of nitrogens with zero attached hydrogens (tertiary/aromatic N) is 1. The van der Waals surface area contributed by atoms with Gasteiger partial charge >= 0.3 is 6.09 Å². The van der Waals surface area contributed by atoms with E-state index in [2.05, 4.69) is 4.72 Å². The third kappa shape index (κ3) is 5.08. The second-order valence-electron chi connectivity index (χ2n) is 6.95. The van der Waals surface area contributed by atoms with Crippen molar-refractivity contribution in [3.05, 3.63) is 60.2 Å². The average molecular weight is 388 g/mol. The molecule has 0 unspecified atom stereocenters. The summed E-state index contributed by atoms with van der Waals surface area (Å²) in [6, 6.07) is 17.1. The molecule has 2 aromatic carbocycles. The number of likely N-dealkylation sites (tertiary alicyclic amines) is 1. The van der Waals surface area contributed by atoms with Gasteiger partial charge in [0.1, 0.15) is 0 Å².